The fourth-order valence-corrected chi connectivity index (χ4v) is 0.886. The van der Waals surface area contributed by atoms with Crippen LogP contribution in [0.4, 0.5) is 0 Å². The fourth-order valence-electron chi connectivity index (χ4n) is 0.886. The lowest BCUT2D eigenvalue weighted by Gasteiger charge is -1.88. The molecule has 0 amide bonds. The average molecular weight is 163 g/mol. The lowest BCUT2D eigenvalue weighted by Crippen LogP contribution is -1.68. The largest absolute Gasteiger partial charge is 0.193 e. The van der Waals surface area contributed by atoms with E-state index in [9.17, 15) is 0 Å². The highest BCUT2D eigenvalue weighted by atomic mass is 14.2. The molecule has 12 heavy (non-hydrogen) atoms. The fraction of sp³-hybridized carbons (Fsp3) is 0.545. The SMILES string of the molecule is CCCCC=CCCC=CC#N. The second-order valence-corrected chi connectivity index (χ2v) is 2.72. The van der Waals surface area contributed by atoms with E-state index in [2.05, 4.69) is 19.1 Å². The molecule has 1 nitrogen and oxygen atoms in total. The van der Waals surface area contributed by atoms with E-state index in [0.717, 1.165) is 12.8 Å². The van der Waals surface area contributed by atoms with Crippen molar-refractivity contribution >= 4 is 0 Å². The van der Waals surface area contributed by atoms with Crippen LogP contribution in [0, 0.1) is 11.3 Å². The first-order valence-corrected chi connectivity index (χ1v) is 4.61. The number of hydrogen-bond donors (Lipinski definition) is 0. The Morgan fingerprint density at radius 2 is 1.75 bits per heavy atom. The normalized spacial score (nSPS) is 11.0. The average Bonchev–Trinajstić information content (AvgIpc) is 2.10. The predicted octanol–water partition coefficient (Wildman–Crippen LogP) is 3.59. The Hall–Kier alpha value is -1.03. The molecule has 0 saturated heterocycles. The summed E-state index contributed by atoms with van der Waals surface area (Å²) in [6.45, 7) is 2.20. The molecule has 0 radical (unpaired) electrons. The van der Waals surface area contributed by atoms with Gasteiger partial charge in [0.15, 0.2) is 0 Å². The highest BCUT2D eigenvalue weighted by molar-refractivity contribution is 5.02. The molecule has 0 aromatic rings. The van der Waals surface area contributed by atoms with E-state index >= 15 is 0 Å². The summed E-state index contributed by atoms with van der Waals surface area (Å²) in [6, 6.07) is 1.97. The summed E-state index contributed by atoms with van der Waals surface area (Å²) >= 11 is 0. The topological polar surface area (TPSA) is 23.8 Å². The van der Waals surface area contributed by atoms with Crippen molar-refractivity contribution in [3.05, 3.63) is 24.3 Å². The number of nitriles is 1. The Morgan fingerprint density at radius 1 is 1.08 bits per heavy atom. The second kappa shape index (κ2) is 9.97. The first-order valence-electron chi connectivity index (χ1n) is 4.61. The monoisotopic (exact) mass is 163 g/mol. The van der Waals surface area contributed by atoms with Gasteiger partial charge in [-0.05, 0) is 19.3 Å². The highest BCUT2D eigenvalue weighted by Crippen LogP contribution is 1.98. The van der Waals surface area contributed by atoms with Crippen LogP contribution in [0.5, 0.6) is 0 Å². The van der Waals surface area contributed by atoms with Gasteiger partial charge in [-0.15, -0.1) is 0 Å². The summed E-state index contributed by atoms with van der Waals surface area (Å²) in [5, 5.41) is 8.18. The van der Waals surface area contributed by atoms with Crippen molar-refractivity contribution in [3.63, 3.8) is 0 Å². The zero-order valence-corrected chi connectivity index (χ0v) is 7.79. The summed E-state index contributed by atoms with van der Waals surface area (Å²) < 4.78 is 0. The molecule has 0 saturated carbocycles. The molecule has 1 heteroatoms. The maximum atomic E-state index is 8.18. The minimum Gasteiger partial charge on any atom is -0.193 e. The Balaban J connectivity index is 3.14. The van der Waals surface area contributed by atoms with Crippen LogP contribution in [0.1, 0.15) is 39.0 Å². The van der Waals surface area contributed by atoms with Crippen LogP contribution in [0.2, 0.25) is 0 Å². The Kier molecular flexibility index (Phi) is 9.11. The molecule has 66 valence electrons. The molecule has 0 N–H and O–H groups in total. The first-order chi connectivity index (χ1) is 5.91. The molecule has 0 rings (SSSR count). The van der Waals surface area contributed by atoms with Crippen LogP contribution in [0.25, 0.3) is 0 Å². The van der Waals surface area contributed by atoms with Gasteiger partial charge in [0.2, 0.25) is 0 Å². The smallest absolute Gasteiger partial charge is 0.0908 e. The van der Waals surface area contributed by atoms with Gasteiger partial charge in [-0.2, -0.15) is 5.26 Å². The van der Waals surface area contributed by atoms with Crippen molar-refractivity contribution in [2.24, 2.45) is 0 Å². The van der Waals surface area contributed by atoms with Gasteiger partial charge in [0.25, 0.3) is 0 Å². The number of allylic oxidation sites excluding steroid dienone is 4. The third-order valence-corrected chi connectivity index (χ3v) is 1.58. The molecule has 0 bridgehead atoms. The van der Waals surface area contributed by atoms with Gasteiger partial charge >= 0.3 is 0 Å². The molecule has 0 unspecified atom stereocenters. The quantitative estimate of drug-likeness (QED) is 0.333. The standard InChI is InChI=1S/C11H17N/c1-2-3-4-5-6-7-8-9-10-11-12/h5-6,9-10H,2-4,7-8H2,1H3. The molecule has 0 aliphatic heterocycles. The molecule has 0 atom stereocenters. The van der Waals surface area contributed by atoms with Gasteiger partial charge in [0.1, 0.15) is 0 Å². The van der Waals surface area contributed by atoms with Gasteiger partial charge in [0.05, 0.1) is 6.07 Å². The van der Waals surface area contributed by atoms with Gasteiger partial charge in [0, 0.05) is 6.08 Å². The molecule has 0 aromatic carbocycles. The lowest BCUT2D eigenvalue weighted by molar-refractivity contribution is 0.811. The van der Waals surface area contributed by atoms with Crippen molar-refractivity contribution in [1.82, 2.24) is 0 Å². The summed E-state index contributed by atoms with van der Waals surface area (Å²) in [5.41, 5.74) is 0. The Bertz CT molecular complexity index is 172. The molecule has 0 aliphatic carbocycles. The third-order valence-electron chi connectivity index (χ3n) is 1.58. The van der Waals surface area contributed by atoms with Crippen molar-refractivity contribution in [2.45, 2.75) is 39.0 Å². The molecular weight excluding hydrogens is 146 g/mol. The van der Waals surface area contributed by atoms with E-state index in [-0.39, 0.29) is 0 Å². The van der Waals surface area contributed by atoms with Gasteiger partial charge in [-0.1, -0.05) is 38.0 Å². The van der Waals surface area contributed by atoms with Crippen LogP contribution >= 0.6 is 0 Å². The Morgan fingerprint density at radius 3 is 2.42 bits per heavy atom. The van der Waals surface area contributed by atoms with E-state index in [1.807, 2.05) is 12.1 Å². The predicted molar refractivity (Wildman–Crippen MR) is 52.7 cm³/mol. The minimum atomic E-state index is 0.982. The van der Waals surface area contributed by atoms with E-state index in [4.69, 9.17) is 5.26 Å². The number of rotatable bonds is 6. The zero-order chi connectivity index (χ0) is 9.07. The summed E-state index contributed by atoms with van der Waals surface area (Å²) in [4.78, 5) is 0. The van der Waals surface area contributed by atoms with Crippen LogP contribution in [0.15, 0.2) is 24.3 Å². The summed E-state index contributed by atoms with van der Waals surface area (Å²) in [7, 11) is 0. The summed E-state index contributed by atoms with van der Waals surface area (Å²) in [5.74, 6) is 0. The van der Waals surface area contributed by atoms with Crippen LogP contribution in [0.3, 0.4) is 0 Å². The molecule has 0 spiro atoms. The zero-order valence-electron chi connectivity index (χ0n) is 7.79. The maximum absolute atomic E-state index is 8.18. The minimum absolute atomic E-state index is 0.982. The third kappa shape index (κ3) is 8.97. The van der Waals surface area contributed by atoms with Crippen LogP contribution in [-0.2, 0) is 0 Å². The van der Waals surface area contributed by atoms with Crippen molar-refractivity contribution in [1.29, 1.82) is 5.26 Å². The molecule has 0 aliphatic rings. The molecule has 0 heterocycles. The van der Waals surface area contributed by atoms with Crippen molar-refractivity contribution in [2.75, 3.05) is 0 Å². The van der Waals surface area contributed by atoms with Gasteiger partial charge in [-0.25, -0.2) is 0 Å². The van der Waals surface area contributed by atoms with E-state index < -0.39 is 0 Å². The summed E-state index contributed by atoms with van der Waals surface area (Å²) in [6.07, 6.45) is 13.6. The number of unbranched alkanes of at least 4 members (excludes halogenated alkanes) is 3. The maximum Gasteiger partial charge on any atom is 0.0908 e. The van der Waals surface area contributed by atoms with E-state index in [1.165, 1.54) is 19.3 Å². The van der Waals surface area contributed by atoms with E-state index in [0.29, 0.717) is 0 Å². The van der Waals surface area contributed by atoms with Crippen molar-refractivity contribution in [3.8, 4) is 6.07 Å². The Labute approximate surface area is 75.4 Å². The van der Waals surface area contributed by atoms with Crippen LogP contribution in [-0.4, -0.2) is 0 Å². The molecular formula is C11H17N. The second-order valence-electron chi connectivity index (χ2n) is 2.72. The van der Waals surface area contributed by atoms with Gasteiger partial charge < -0.3 is 0 Å². The van der Waals surface area contributed by atoms with Crippen LogP contribution < -0.4 is 0 Å². The van der Waals surface area contributed by atoms with Crippen molar-refractivity contribution < 1.29 is 0 Å². The molecule has 0 aromatic heterocycles. The number of nitrogens with zero attached hydrogens (tertiary/aromatic N) is 1. The lowest BCUT2D eigenvalue weighted by atomic mass is 10.2. The first kappa shape index (κ1) is 11.0. The van der Waals surface area contributed by atoms with Gasteiger partial charge in [-0.3, -0.25) is 0 Å². The highest BCUT2D eigenvalue weighted by Gasteiger charge is 1.78. The number of hydrogen-bond acceptors (Lipinski definition) is 1. The molecule has 0 fully saturated rings. The van der Waals surface area contributed by atoms with E-state index in [1.54, 1.807) is 6.08 Å².